The van der Waals surface area contributed by atoms with Crippen molar-refractivity contribution in [3.05, 3.63) is 47.6 Å². The Morgan fingerprint density at radius 1 is 1.35 bits per heavy atom. The van der Waals surface area contributed by atoms with Crippen molar-refractivity contribution in [2.45, 2.75) is 19.4 Å². The lowest BCUT2D eigenvalue weighted by atomic mass is 10.1. The fourth-order valence-corrected chi connectivity index (χ4v) is 3.75. The fraction of sp³-hybridized carbons (Fsp3) is 0.235. The van der Waals surface area contributed by atoms with E-state index in [1.807, 2.05) is 34.5 Å². The maximum absolute atomic E-state index is 12.6. The van der Waals surface area contributed by atoms with Crippen molar-refractivity contribution in [3.8, 4) is 5.88 Å². The average Bonchev–Trinajstić information content (AvgIpc) is 3.15. The van der Waals surface area contributed by atoms with Crippen LogP contribution in [0.4, 0.5) is 5.69 Å². The molecule has 0 bridgehead atoms. The van der Waals surface area contributed by atoms with E-state index in [0.29, 0.717) is 5.88 Å². The zero-order chi connectivity index (χ0) is 15.8. The molecule has 3 aromatic rings. The molecule has 2 aromatic heterocycles. The first kappa shape index (κ1) is 14.1. The molecule has 1 aliphatic rings. The second-order valence-electron chi connectivity index (χ2n) is 5.55. The maximum Gasteiger partial charge on any atom is 0.265 e. The molecule has 0 saturated carbocycles. The Labute approximate surface area is 137 Å². The summed E-state index contributed by atoms with van der Waals surface area (Å²) in [5.74, 6) is 0.411. The van der Waals surface area contributed by atoms with Gasteiger partial charge in [-0.05, 0) is 36.4 Å². The van der Waals surface area contributed by atoms with E-state index in [1.165, 1.54) is 23.2 Å². The standard InChI is InChI=1S/C17H15N3O2S/c1-11-8-12-4-2-3-5-14(12)20(11)15(21)9-22-16-13-6-7-23-17(13)19-10-18-16/h2-7,10-11H,8-9H2,1H3/t11-/m1/s1. The first-order valence-corrected chi connectivity index (χ1v) is 8.33. The van der Waals surface area contributed by atoms with Crippen molar-refractivity contribution in [1.29, 1.82) is 0 Å². The summed E-state index contributed by atoms with van der Waals surface area (Å²) in [5.41, 5.74) is 2.19. The Hall–Kier alpha value is -2.47. The van der Waals surface area contributed by atoms with Gasteiger partial charge in [0, 0.05) is 11.7 Å². The minimum Gasteiger partial charge on any atom is -0.467 e. The molecule has 0 aliphatic carbocycles. The Morgan fingerprint density at radius 2 is 2.22 bits per heavy atom. The fourth-order valence-electron chi connectivity index (χ4n) is 3.03. The SMILES string of the molecule is C[C@@H]1Cc2ccccc2N1C(=O)COc1ncnc2sccc12. The maximum atomic E-state index is 12.6. The van der Waals surface area contributed by atoms with Crippen molar-refractivity contribution in [2.24, 2.45) is 0 Å². The first-order chi connectivity index (χ1) is 11.2. The van der Waals surface area contributed by atoms with Gasteiger partial charge in [0.1, 0.15) is 11.2 Å². The number of fused-ring (bicyclic) bond motifs is 2. The van der Waals surface area contributed by atoms with Crippen LogP contribution < -0.4 is 9.64 Å². The van der Waals surface area contributed by atoms with Gasteiger partial charge in [-0.2, -0.15) is 0 Å². The molecule has 1 atom stereocenters. The topological polar surface area (TPSA) is 55.3 Å². The summed E-state index contributed by atoms with van der Waals surface area (Å²) in [4.78, 5) is 23.6. The Bertz CT molecular complexity index is 877. The van der Waals surface area contributed by atoms with Crippen LogP contribution in [-0.4, -0.2) is 28.5 Å². The van der Waals surface area contributed by atoms with Crippen LogP contribution in [0, 0.1) is 0 Å². The summed E-state index contributed by atoms with van der Waals surface area (Å²) in [6, 6.07) is 10.1. The second-order valence-corrected chi connectivity index (χ2v) is 6.45. The summed E-state index contributed by atoms with van der Waals surface area (Å²) in [6.07, 6.45) is 2.34. The van der Waals surface area contributed by atoms with Gasteiger partial charge in [-0.25, -0.2) is 9.97 Å². The van der Waals surface area contributed by atoms with E-state index in [4.69, 9.17) is 4.74 Å². The number of thiophene rings is 1. The molecular formula is C17H15N3O2S. The third kappa shape index (κ3) is 2.45. The molecule has 1 amide bonds. The second kappa shape index (κ2) is 5.62. The van der Waals surface area contributed by atoms with Crippen LogP contribution in [-0.2, 0) is 11.2 Å². The van der Waals surface area contributed by atoms with E-state index in [9.17, 15) is 4.79 Å². The molecule has 0 radical (unpaired) electrons. The highest BCUT2D eigenvalue weighted by Crippen LogP contribution is 2.32. The molecule has 0 N–H and O–H groups in total. The van der Waals surface area contributed by atoms with Crippen LogP contribution in [0.1, 0.15) is 12.5 Å². The van der Waals surface area contributed by atoms with Gasteiger partial charge in [-0.1, -0.05) is 18.2 Å². The number of rotatable bonds is 3. The van der Waals surface area contributed by atoms with Crippen LogP contribution in [0.15, 0.2) is 42.0 Å². The van der Waals surface area contributed by atoms with Crippen LogP contribution >= 0.6 is 11.3 Å². The number of carbonyl (C=O) groups is 1. The molecule has 0 saturated heterocycles. The molecule has 0 unspecified atom stereocenters. The summed E-state index contributed by atoms with van der Waals surface area (Å²) in [5, 5.41) is 2.78. The van der Waals surface area contributed by atoms with E-state index < -0.39 is 0 Å². The third-order valence-corrected chi connectivity index (χ3v) is 4.85. The van der Waals surface area contributed by atoms with E-state index in [1.54, 1.807) is 0 Å². The summed E-state index contributed by atoms with van der Waals surface area (Å²) >= 11 is 1.53. The average molecular weight is 325 g/mol. The number of anilines is 1. The first-order valence-electron chi connectivity index (χ1n) is 7.45. The van der Waals surface area contributed by atoms with E-state index >= 15 is 0 Å². The molecule has 116 valence electrons. The van der Waals surface area contributed by atoms with Crippen molar-refractivity contribution >= 4 is 33.1 Å². The van der Waals surface area contributed by atoms with Crippen LogP contribution in [0.5, 0.6) is 5.88 Å². The Kier molecular flexibility index (Phi) is 3.46. The highest BCUT2D eigenvalue weighted by atomic mass is 32.1. The number of benzene rings is 1. The highest BCUT2D eigenvalue weighted by Gasteiger charge is 2.30. The minimum atomic E-state index is -0.0514. The van der Waals surface area contributed by atoms with Gasteiger partial charge in [0.2, 0.25) is 5.88 Å². The van der Waals surface area contributed by atoms with Gasteiger partial charge in [-0.3, -0.25) is 4.79 Å². The van der Waals surface area contributed by atoms with Gasteiger partial charge >= 0.3 is 0 Å². The Morgan fingerprint density at radius 3 is 3.13 bits per heavy atom. The van der Waals surface area contributed by atoms with Crippen molar-refractivity contribution in [3.63, 3.8) is 0 Å². The van der Waals surface area contributed by atoms with Crippen LogP contribution in [0.25, 0.3) is 10.2 Å². The molecule has 1 aromatic carbocycles. The molecule has 23 heavy (non-hydrogen) atoms. The van der Waals surface area contributed by atoms with Crippen LogP contribution in [0.2, 0.25) is 0 Å². The van der Waals surface area contributed by atoms with Crippen molar-refractivity contribution < 1.29 is 9.53 Å². The number of carbonyl (C=O) groups excluding carboxylic acids is 1. The largest absolute Gasteiger partial charge is 0.467 e. The number of ether oxygens (including phenoxy) is 1. The van der Waals surface area contributed by atoms with E-state index in [0.717, 1.165) is 22.3 Å². The number of para-hydroxylation sites is 1. The zero-order valence-electron chi connectivity index (χ0n) is 12.6. The minimum absolute atomic E-state index is 0.0271. The van der Waals surface area contributed by atoms with Crippen molar-refractivity contribution in [1.82, 2.24) is 9.97 Å². The molecule has 5 nitrogen and oxygen atoms in total. The number of aromatic nitrogens is 2. The normalized spacial score (nSPS) is 16.6. The zero-order valence-corrected chi connectivity index (χ0v) is 13.4. The third-order valence-electron chi connectivity index (χ3n) is 4.03. The molecule has 3 heterocycles. The van der Waals surface area contributed by atoms with Gasteiger partial charge < -0.3 is 9.64 Å². The molecular weight excluding hydrogens is 310 g/mol. The lowest BCUT2D eigenvalue weighted by Gasteiger charge is -2.22. The highest BCUT2D eigenvalue weighted by molar-refractivity contribution is 7.16. The smallest absolute Gasteiger partial charge is 0.265 e. The predicted octanol–water partition coefficient (Wildman–Crippen LogP) is 3.05. The molecule has 1 aliphatic heterocycles. The number of hydrogen-bond donors (Lipinski definition) is 0. The molecule has 6 heteroatoms. The van der Waals surface area contributed by atoms with Gasteiger partial charge in [0.15, 0.2) is 6.61 Å². The van der Waals surface area contributed by atoms with E-state index in [2.05, 4.69) is 23.0 Å². The van der Waals surface area contributed by atoms with Crippen LogP contribution in [0.3, 0.4) is 0 Å². The summed E-state index contributed by atoms with van der Waals surface area (Å²) in [6.45, 7) is 2.03. The Balaban J connectivity index is 1.54. The molecule has 4 rings (SSSR count). The summed E-state index contributed by atoms with van der Waals surface area (Å²) in [7, 11) is 0. The predicted molar refractivity (Wildman–Crippen MR) is 90.0 cm³/mol. The monoisotopic (exact) mass is 325 g/mol. The van der Waals surface area contributed by atoms with Gasteiger partial charge in [0.05, 0.1) is 5.39 Å². The summed E-state index contributed by atoms with van der Waals surface area (Å²) < 4.78 is 5.68. The number of amides is 1. The number of nitrogens with zero attached hydrogens (tertiary/aromatic N) is 3. The van der Waals surface area contributed by atoms with Gasteiger partial charge in [0.25, 0.3) is 5.91 Å². The lowest BCUT2D eigenvalue weighted by Crippen LogP contribution is -2.39. The van der Waals surface area contributed by atoms with Gasteiger partial charge in [-0.15, -0.1) is 11.3 Å². The lowest BCUT2D eigenvalue weighted by molar-refractivity contribution is -0.120. The molecule has 0 spiro atoms. The quantitative estimate of drug-likeness (QED) is 0.743. The van der Waals surface area contributed by atoms with Crippen molar-refractivity contribution in [2.75, 3.05) is 11.5 Å². The molecule has 0 fully saturated rings. The number of hydrogen-bond acceptors (Lipinski definition) is 5. The van der Waals surface area contributed by atoms with E-state index in [-0.39, 0.29) is 18.6 Å².